The first-order valence-electron chi connectivity index (χ1n) is 8.67. The summed E-state index contributed by atoms with van der Waals surface area (Å²) in [4.78, 5) is 13.7. The van der Waals surface area contributed by atoms with Gasteiger partial charge in [0.2, 0.25) is 5.91 Å². The van der Waals surface area contributed by atoms with Gasteiger partial charge in [0, 0.05) is 13.1 Å². The van der Waals surface area contributed by atoms with E-state index < -0.39 is 16.2 Å². The van der Waals surface area contributed by atoms with Crippen molar-refractivity contribution >= 4 is 16.0 Å². The van der Waals surface area contributed by atoms with E-state index >= 15 is 0 Å². The van der Waals surface area contributed by atoms with Gasteiger partial charge in [-0.25, -0.2) is 0 Å². The van der Waals surface area contributed by atoms with E-state index in [1.165, 1.54) is 11.1 Å². The Hall–Kier alpha value is -2.18. The van der Waals surface area contributed by atoms with Crippen LogP contribution in [0.3, 0.4) is 0 Å². The van der Waals surface area contributed by atoms with Crippen LogP contribution in [0, 0.1) is 0 Å². The van der Waals surface area contributed by atoms with Crippen molar-refractivity contribution < 1.29 is 17.4 Å². The summed E-state index contributed by atoms with van der Waals surface area (Å²) >= 11 is 0. The molecule has 6 heteroatoms. The lowest BCUT2D eigenvalue weighted by molar-refractivity contribution is -0.128. The maximum absolute atomic E-state index is 12.1. The lowest BCUT2D eigenvalue weighted by Gasteiger charge is -2.16. The summed E-state index contributed by atoms with van der Waals surface area (Å²) in [6.07, 6.45) is 2.51. The van der Waals surface area contributed by atoms with Gasteiger partial charge in [0.05, 0.1) is 12.7 Å². The summed E-state index contributed by atoms with van der Waals surface area (Å²) < 4.78 is 27.4. The number of carbonyl (C=O) groups is 1. The fraction of sp³-hybridized carbons (Fsp3) is 0.350. The molecule has 0 N–H and O–H groups in total. The number of aryl methyl sites for hydroxylation is 2. The average molecular weight is 373 g/mol. The highest BCUT2D eigenvalue weighted by Gasteiger charge is 2.32. The number of likely N-dealkylation sites (tertiary alicyclic amines) is 1. The molecule has 0 aromatic heterocycles. The van der Waals surface area contributed by atoms with Crippen molar-refractivity contribution in [2.45, 2.75) is 31.9 Å². The third kappa shape index (κ3) is 5.41. The van der Waals surface area contributed by atoms with Crippen LogP contribution < -0.4 is 0 Å². The van der Waals surface area contributed by atoms with Crippen molar-refractivity contribution in [3.05, 3.63) is 71.3 Å². The lowest BCUT2D eigenvalue weighted by Crippen LogP contribution is -2.26. The maximum atomic E-state index is 12.1. The monoisotopic (exact) mass is 373 g/mol. The molecule has 1 unspecified atom stereocenters. The molecule has 138 valence electrons. The van der Waals surface area contributed by atoms with Crippen LogP contribution in [0.5, 0.6) is 0 Å². The van der Waals surface area contributed by atoms with Crippen molar-refractivity contribution in [3.8, 4) is 0 Å². The van der Waals surface area contributed by atoms with Crippen molar-refractivity contribution in [2.75, 3.05) is 12.8 Å². The number of amides is 1. The van der Waals surface area contributed by atoms with Crippen molar-refractivity contribution in [3.63, 3.8) is 0 Å². The van der Waals surface area contributed by atoms with Crippen LogP contribution in [0.25, 0.3) is 0 Å². The number of benzene rings is 2. The summed E-state index contributed by atoms with van der Waals surface area (Å²) in [5.74, 6) is -0.0770. The Bertz CT molecular complexity index is 847. The molecule has 0 radical (unpaired) electrons. The van der Waals surface area contributed by atoms with Crippen molar-refractivity contribution in [1.29, 1.82) is 0 Å². The first-order chi connectivity index (χ1) is 12.4. The third-order valence-corrected chi connectivity index (χ3v) is 5.05. The topological polar surface area (TPSA) is 63.7 Å². The van der Waals surface area contributed by atoms with Gasteiger partial charge in [-0.1, -0.05) is 54.6 Å². The minimum Gasteiger partial charge on any atom is -0.336 e. The first-order valence-corrected chi connectivity index (χ1v) is 10.5. The molecule has 5 nitrogen and oxygen atoms in total. The highest BCUT2D eigenvalue weighted by atomic mass is 32.2. The van der Waals surface area contributed by atoms with E-state index in [-0.39, 0.29) is 12.3 Å². The molecule has 1 atom stereocenters. The molecular weight excluding hydrogens is 350 g/mol. The van der Waals surface area contributed by atoms with E-state index in [0.29, 0.717) is 13.1 Å². The van der Waals surface area contributed by atoms with E-state index in [1.54, 1.807) is 4.90 Å². The molecule has 0 aliphatic carbocycles. The molecule has 0 saturated carbocycles. The van der Waals surface area contributed by atoms with Crippen molar-refractivity contribution in [1.82, 2.24) is 4.90 Å². The van der Waals surface area contributed by atoms with Gasteiger partial charge < -0.3 is 4.90 Å². The van der Waals surface area contributed by atoms with Crippen LogP contribution in [0.2, 0.25) is 0 Å². The second-order valence-corrected chi connectivity index (χ2v) is 8.30. The molecule has 0 bridgehead atoms. The van der Waals surface area contributed by atoms with E-state index in [0.717, 1.165) is 24.7 Å². The average Bonchev–Trinajstić information content (AvgIpc) is 2.92. The van der Waals surface area contributed by atoms with Crippen LogP contribution in [0.1, 0.15) is 23.1 Å². The molecule has 0 spiro atoms. The first kappa shape index (κ1) is 18.6. The molecule has 1 saturated heterocycles. The molecule has 1 heterocycles. The molecule has 2 aromatic rings. The summed E-state index contributed by atoms with van der Waals surface area (Å²) in [5, 5.41) is 0. The van der Waals surface area contributed by atoms with Gasteiger partial charge in [0.25, 0.3) is 10.1 Å². The van der Waals surface area contributed by atoms with Gasteiger partial charge in [-0.3, -0.25) is 8.98 Å². The standard InChI is InChI=1S/C20H23NO4S/c1-26(23,24)25-19-13-20(22)21(15-19)14-18-11-9-17(10-12-18)8-7-16-5-3-2-4-6-16/h2-6,9-12,19H,7-8,13-15H2,1H3. The SMILES string of the molecule is CS(=O)(=O)OC1CC(=O)N(Cc2ccc(CCc3ccccc3)cc2)C1. The highest BCUT2D eigenvalue weighted by molar-refractivity contribution is 7.86. The van der Waals surface area contributed by atoms with Gasteiger partial charge >= 0.3 is 0 Å². The van der Waals surface area contributed by atoms with Crippen LogP contribution in [-0.2, 0) is 38.5 Å². The van der Waals surface area contributed by atoms with E-state index in [9.17, 15) is 13.2 Å². The van der Waals surface area contributed by atoms with Gasteiger partial charge in [-0.05, 0) is 29.5 Å². The van der Waals surface area contributed by atoms with Gasteiger partial charge in [-0.2, -0.15) is 8.42 Å². The summed E-state index contributed by atoms with van der Waals surface area (Å²) in [7, 11) is -3.54. The van der Waals surface area contributed by atoms with E-state index in [4.69, 9.17) is 4.18 Å². The summed E-state index contributed by atoms with van der Waals surface area (Å²) in [5.41, 5.74) is 3.60. The minimum atomic E-state index is -3.54. The molecule has 3 rings (SSSR count). The van der Waals surface area contributed by atoms with Crippen molar-refractivity contribution in [2.24, 2.45) is 0 Å². The molecule has 1 aliphatic rings. The zero-order valence-corrected chi connectivity index (χ0v) is 15.6. The molecule has 1 aliphatic heterocycles. The fourth-order valence-electron chi connectivity index (χ4n) is 3.17. The van der Waals surface area contributed by atoms with Crippen LogP contribution in [-0.4, -0.2) is 38.1 Å². The van der Waals surface area contributed by atoms with Crippen LogP contribution >= 0.6 is 0 Å². The Kier molecular flexibility index (Phi) is 5.74. The normalized spacial score (nSPS) is 17.7. The number of nitrogens with zero attached hydrogens (tertiary/aromatic N) is 1. The molecule has 26 heavy (non-hydrogen) atoms. The Morgan fingerprint density at radius 3 is 2.15 bits per heavy atom. The predicted molar refractivity (Wildman–Crippen MR) is 100 cm³/mol. The quantitative estimate of drug-likeness (QED) is 0.700. The minimum absolute atomic E-state index is 0.0770. The number of hydrogen-bond acceptors (Lipinski definition) is 4. The van der Waals surface area contributed by atoms with Crippen LogP contribution in [0.4, 0.5) is 0 Å². The second kappa shape index (κ2) is 8.01. The molecule has 2 aromatic carbocycles. The molecular formula is C20H23NO4S. The fourth-order valence-corrected chi connectivity index (χ4v) is 3.79. The summed E-state index contributed by atoms with van der Waals surface area (Å²) in [6, 6.07) is 18.6. The Balaban J connectivity index is 1.53. The molecule has 1 fully saturated rings. The smallest absolute Gasteiger partial charge is 0.264 e. The predicted octanol–water partition coefficient (Wildman–Crippen LogP) is 2.55. The summed E-state index contributed by atoms with van der Waals surface area (Å²) in [6.45, 7) is 0.781. The van der Waals surface area contributed by atoms with Crippen LogP contribution in [0.15, 0.2) is 54.6 Å². The number of rotatable bonds is 7. The Morgan fingerprint density at radius 1 is 0.962 bits per heavy atom. The largest absolute Gasteiger partial charge is 0.336 e. The zero-order valence-electron chi connectivity index (χ0n) is 14.8. The highest BCUT2D eigenvalue weighted by Crippen LogP contribution is 2.19. The van der Waals surface area contributed by atoms with E-state index in [1.807, 2.05) is 30.3 Å². The number of hydrogen-bond donors (Lipinski definition) is 0. The lowest BCUT2D eigenvalue weighted by atomic mass is 10.0. The molecule has 1 amide bonds. The van der Waals surface area contributed by atoms with Gasteiger partial charge in [0.1, 0.15) is 6.10 Å². The Labute approximate surface area is 154 Å². The maximum Gasteiger partial charge on any atom is 0.264 e. The van der Waals surface area contributed by atoms with Gasteiger partial charge in [0.15, 0.2) is 0 Å². The zero-order chi connectivity index (χ0) is 18.6. The second-order valence-electron chi connectivity index (χ2n) is 6.70. The van der Waals surface area contributed by atoms with E-state index in [2.05, 4.69) is 24.3 Å². The number of carbonyl (C=O) groups excluding carboxylic acids is 1. The van der Waals surface area contributed by atoms with Gasteiger partial charge in [-0.15, -0.1) is 0 Å². The third-order valence-electron chi connectivity index (χ3n) is 4.43. The Morgan fingerprint density at radius 2 is 1.54 bits per heavy atom.